The van der Waals surface area contributed by atoms with Crippen molar-refractivity contribution in [3.05, 3.63) is 11.9 Å². The van der Waals surface area contributed by atoms with Crippen LogP contribution in [-0.2, 0) is 0 Å². The molecule has 0 radical (unpaired) electrons. The van der Waals surface area contributed by atoms with Crippen LogP contribution >= 0.6 is 0 Å². The van der Waals surface area contributed by atoms with Gasteiger partial charge in [-0.3, -0.25) is 0 Å². The molecule has 8 N–H and O–H groups in total. The van der Waals surface area contributed by atoms with Crippen LogP contribution in [0.3, 0.4) is 0 Å². The van der Waals surface area contributed by atoms with Gasteiger partial charge >= 0.3 is 0 Å². The first kappa shape index (κ1) is 6.26. The summed E-state index contributed by atoms with van der Waals surface area (Å²) in [4.78, 5) is 0. The van der Waals surface area contributed by atoms with Gasteiger partial charge in [-0.1, -0.05) is 0 Å². The summed E-state index contributed by atoms with van der Waals surface area (Å²) in [5.74, 6) is 0.162. The lowest BCUT2D eigenvalue weighted by atomic mass is 10.5. The molecule has 0 aliphatic heterocycles. The van der Waals surface area contributed by atoms with Crippen molar-refractivity contribution in [3.63, 3.8) is 0 Å². The van der Waals surface area contributed by atoms with Gasteiger partial charge < -0.3 is 22.9 Å². The molecule has 42 valence electrons. The zero-order valence-corrected chi connectivity index (χ0v) is 3.96. The molecule has 0 aromatic carbocycles. The smallest absolute Gasteiger partial charge is 0.0921 e. The Morgan fingerprint density at radius 1 is 1.29 bits per heavy atom. The molecule has 0 aromatic rings. The molecule has 0 aliphatic rings. The van der Waals surface area contributed by atoms with Crippen LogP contribution in [0.5, 0.6) is 0 Å². The lowest BCUT2D eigenvalue weighted by molar-refractivity contribution is 0.861. The molecule has 4 heteroatoms. The lowest BCUT2D eigenvalue weighted by Gasteiger charge is -1.94. The summed E-state index contributed by atoms with van der Waals surface area (Å²) in [6.45, 7) is 0. The second kappa shape index (κ2) is 2.44. The van der Waals surface area contributed by atoms with Crippen LogP contribution in [-0.4, -0.2) is 6.17 Å². The minimum absolute atomic E-state index is 0.162. The molecule has 0 bridgehead atoms. The van der Waals surface area contributed by atoms with Gasteiger partial charge in [0, 0.05) is 0 Å². The SMILES string of the molecule is NC(N)=CC(N)N. The number of rotatable bonds is 1. The van der Waals surface area contributed by atoms with Crippen LogP contribution in [0.1, 0.15) is 0 Å². The van der Waals surface area contributed by atoms with Crippen molar-refractivity contribution in [2.24, 2.45) is 22.9 Å². The van der Waals surface area contributed by atoms with E-state index in [9.17, 15) is 0 Å². The highest BCUT2D eigenvalue weighted by Crippen LogP contribution is 1.68. The Hall–Kier alpha value is -0.740. The van der Waals surface area contributed by atoms with Crippen molar-refractivity contribution < 1.29 is 0 Å². The third-order valence-electron chi connectivity index (χ3n) is 0.385. The predicted molar refractivity (Wildman–Crippen MR) is 28.6 cm³/mol. The molecule has 0 saturated heterocycles. The predicted octanol–water partition coefficient (Wildman–Crippen LogP) is -2.01. The van der Waals surface area contributed by atoms with Crippen LogP contribution < -0.4 is 22.9 Å². The van der Waals surface area contributed by atoms with Crippen molar-refractivity contribution in [2.45, 2.75) is 6.17 Å². The van der Waals surface area contributed by atoms with Gasteiger partial charge in [0.2, 0.25) is 0 Å². The molecular formula is C3H10N4. The Balaban J connectivity index is 3.45. The highest BCUT2D eigenvalue weighted by Gasteiger charge is 1.83. The maximum atomic E-state index is 5.03. The highest BCUT2D eigenvalue weighted by molar-refractivity contribution is 4.94. The van der Waals surface area contributed by atoms with Gasteiger partial charge in [-0.2, -0.15) is 0 Å². The van der Waals surface area contributed by atoms with Gasteiger partial charge in [0.1, 0.15) is 0 Å². The highest BCUT2D eigenvalue weighted by atomic mass is 14.9. The summed E-state index contributed by atoms with van der Waals surface area (Å²) in [5, 5.41) is 0. The van der Waals surface area contributed by atoms with E-state index in [1.54, 1.807) is 0 Å². The Bertz CT molecular complexity index is 71.0. The van der Waals surface area contributed by atoms with E-state index < -0.39 is 6.17 Å². The third-order valence-corrected chi connectivity index (χ3v) is 0.385. The van der Waals surface area contributed by atoms with E-state index >= 15 is 0 Å². The van der Waals surface area contributed by atoms with Gasteiger partial charge in [0.25, 0.3) is 0 Å². The van der Waals surface area contributed by atoms with E-state index in [1.165, 1.54) is 6.08 Å². The first-order valence-electron chi connectivity index (χ1n) is 1.87. The minimum atomic E-state index is -0.537. The van der Waals surface area contributed by atoms with E-state index in [2.05, 4.69) is 0 Å². The fraction of sp³-hybridized carbons (Fsp3) is 0.333. The molecule has 0 rings (SSSR count). The van der Waals surface area contributed by atoms with Crippen molar-refractivity contribution in [3.8, 4) is 0 Å². The molecule has 0 amide bonds. The normalized spacial score (nSPS) is 9.00. The van der Waals surface area contributed by atoms with Gasteiger partial charge in [0.05, 0.1) is 12.0 Å². The molecule has 0 aromatic heterocycles. The average Bonchev–Trinajstić information content (AvgIpc) is 1.27. The number of hydrogen-bond acceptors (Lipinski definition) is 4. The first-order valence-corrected chi connectivity index (χ1v) is 1.87. The average molecular weight is 102 g/mol. The Morgan fingerprint density at radius 3 is 1.71 bits per heavy atom. The molecule has 0 aliphatic carbocycles. The minimum Gasteiger partial charge on any atom is -0.386 e. The Kier molecular flexibility index (Phi) is 2.18. The molecule has 0 spiro atoms. The van der Waals surface area contributed by atoms with E-state index in [0.29, 0.717) is 0 Å². The van der Waals surface area contributed by atoms with Gasteiger partial charge in [0.15, 0.2) is 0 Å². The van der Waals surface area contributed by atoms with Gasteiger partial charge in [-0.05, 0) is 6.08 Å². The van der Waals surface area contributed by atoms with Crippen molar-refractivity contribution in [1.82, 2.24) is 0 Å². The van der Waals surface area contributed by atoms with Crippen LogP contribution in [0, 0.1) is 0 Å². The summed E-state index contributed by atoms with van der Waals surface area (Å²) in [6.07, 6.45) is 0.824. The van der Waals surface area contributed by atoms with Gasteiger partial charge in [-0.25, -0.2) is 0 Å². The van der Waals surface area contributed by atoms with Crippen molar-refractivity contribution in [1.29, 1.82) is 0 Å². The van der Waals surface area contributed by atoms with Crippen LogP contribution in [0.2, 0.25) is 0 Å². The first-order chi connectivity index (χ1) is 3.13. The monoisotopic (exact) mass is 102 g/mol. The fourth-order valence-electron chi connectivity index (χ4n) is 0.222. The summed E-state index contributed by atoms with van der Waals surface area (Å²) in [6, 6.07) is 0. The summed E-state index contributed by atoms with van der Waals surface area (Å²) in [5.41, 5.74) is 20.0. The van der Waals surface area contributed by atoms with E-state index in [-0.39, 0.29) is 5.82 Å². The lowest BCUT2D eigenvalue weighted by Crippen LogP contribution is -2.30. The van der Waals surface area contributed by atoms with Gasteiger partial charge in [-0.15, -0.1) is 0 Å². The van der Waals surface area contributed by atoms with Crippen LogP contribution in [0.25, 0.3) is 0 Å². The Morgan fingerprint density at radius 2 is 1.71 bits per heavy atom. The second-order valence-electron chi connectivity index (χ2n) is 1.24. The standard InChI is InChI=1S/C3H10N4/c4-2(5)1-3(6)7/h1-2H,4-7H2. The Labute approximate surface area is 42.1 Å². The zero-order chi connectivity index (χ0) is 5.86. The van der Waals surface area contributed by atoms with Crippen LogP contribution in [0.4, 0.5) is 0 Å². The molecule has 4 nitrogen and oxygen atoms in total. The van der Waals surface area contributed by atoms with E-state index in [4.69, 9.17) is 22.9 Å². The molecular weight excluding hydrogens is 92.1 g/mol. The molecule has 0 atom stereocenters. The summed E-state index contributed by atoms with van der Waals surface area (Å²) >= 11 is 0. The van der Waals surface area contributed by atoms with E-state index in [1.807, 2.05) is 0 Å². The molecule has 0 fully saturated rings. The van der Waals surface area contributed by atoms with E-state index in [0.717, 1.165) is 0 Å². The third kappa shape index (κ3) is 5.26. The maximum Gasteiger partial charge on any atom is 0.0921 e. The zero-order valence-electron chi connectivity index (χ0n) is 3.96. The maximum absolute atomic E-state index is 5.03. The van der Waals surface area contributed by atoms with Crippen LogP contribution in [0.15, 0.2) is 11.9 Å². The summed E-state index contributed by atoms with van der Waals surface area (Å²) in [7, 11) is 0. The molecule has 7 heavy (non-hydrogen) atoms. The molecule has 0 heterocycles. The quantitative estimate of drug-likeness (QED) is 0.287. The van der Waals surface area contributed by atoms with Crippen molar-refractivity contribution >= 4 is 0 Å². The number of nitrogens with two attached hydrogens (primary N) is 4. The topological polar surface area (TPSA) is 104 Å². The largest absolute Gasteiger partial charge is 0.386 e. The molecule has 0 saturated carbocycles. The summed E-state index contributed by atoms with van der Waals surface area (Å²) < 4.78 is 0. The fourth-order valence-corrected chi connectivity index (χ4v) is 0.222. The number of hydrogen-bond donors (Lipinski definition) is 4. The second-order valence-corrected chi connectivity index (χ2v) is 1.24. The molecule has 0 unspecified atom stereocenters. The van der Waals surface area contributed by atoms with Crippen molar-refractivity contribution in [2.75, 3.05) is 0 Å².